The first-order valence-corrected chi connectivity index (χ1v) is 10.5. The molecular weight excluding hydrogens is 370 g/mol. The summed E-state index contributed by atoms with van der Waals surface area (Å²) in [5.41, 5.74) is 3.26. The molecule has 2 aromatic carbocycles. The molecule has 1 heterocycles. The van der Waals surface area contributed by atoms with Gasteiger partial charge in [0.1, 0.15) is 0 Å². The molecular formula is C23H30ClN3O. The van der Waals surface area contributed by atoms with E-state index in [0.29, 0.717) is 0 Å². The predicted molar refractivity (Wildman–Crippen MR) is 116 cm³/mol. The molecule has 1 fully saturated rings. The second kappa shape index (κ2) is 10.1. The van der Waals surface area contributed by atoms with Gasteiger partial charge in [-0.05, 0) is 48.5 Å². The van der Waals surface area contributed by atoms with E-state index in [1.165, 1.54) is 11.1 Å². The number of halogens is 1. The zero-order valence-electron chi connectivity index (χ0n) is 16.9. The Morgan fingerprint density at radius 3 is 2.25 bits per heavy atom. The fourth-order valence-corrected chi connectivity index (χ4v) is 3.86. The van der Waals surface area contributed by atoms with Crippen molar-refractivity contribution >= 4 is 17.5 Å². The lowest BCUT2D eigenvalue weighted by molar-refractivity contribution is 0.0628. The summed E-state index contributed by atoms with van der Waals surface area (Å²) >= 11 is 6.08. The number of nitrogens with zero attached hydrogens (tertiary/aromatic N) is 3. The van der Waals surface area contributed by atoms with E-state index in [0.717, 1.165) is 62.9 Å². The van der Waals surface area contributed by atoms with Crippen molar-refractivity contribution in [2.24, 2.45) is 0 Å². The Hall–Kier alpha value is -1.88. The molecule has 5 heteroatoms. The largest absolute Gasteiger partial charge is 0.336 e. The Morgan fingerprint density at radius 1 is 0.964 bits per heavy atom. The number of carbonyl (C=O) groups excluding carboxylic acids is 1. The molecule has 150 valence electrons. The lowest BCUT2D eigenvalue weighted by Crippen LogP contribution is -2.48. The summed E-state index contributed by atoms with van der Waals surface area (Å²) in [6.07, 6.45) is 0. The second-order valence-corrected chi connectivity index (χ2v) is 7.79. The first-order chi connectivity index (χ1) is 13.6. The lowest BCUT2D eigenvalue weighted by Gasteiger charge is -2.34. The predicted octanol–water partition coefficient (Wildman–Crippen LogP) is 4.14. The number of amides is 1. The van der Waals surface area contributed by atoms with Crippen molar-refractivity contribution in [3.8, 4) is 0 Å². The maximum Gasteiger partial charge on any atom is 0.253 e. The van der Waals surface area contributed by atoms with Gasteiger partial charge in [-0.2, -0.15) is 0 Å². The van der Waals surface area contributed by atoms with Gasteiger partial charge >= 0.3 is 0 Å². The van der Waals surface area contributed by atoms with Gasteiger partial charge in [0, 0.05) is 49.9 Å². The van der Waals surface area contributed by atoms with Crippen molar-refractivity contribution in [1.29, 1.82) is 0 Å². The maximum atomic E-state index is 12.8. The lowest BCUT2D eigenvalue weighted by atomic mass is 10.1. The SMILES string of the molecule is CCN(CC)Cc1ccc(C(=O)N2CCN(Cc3cccc(Cl)c3)CC2)cc1. The molecule has 0 bridgehead atoms. The molecule has 1 saturated heterocycles. The molecule has 3 rings (SSSR count). The third-order valence-corrected chi connectivity index (χ3v) is 5.69. The van der Waals surface area contributed by atoms with Crippen molar-refractivity contribution < 1.29 is 4.79 Å². The molecule has 1 aliphatic heterocycles. The van der Waals surface area contributed by atoms with Crippen LogP contribution in [0.5, 0.6) is 0 Å². The minimum atomic E-state index is 0.136. The van der Waals surface area contributed by atoms with Gasteiger partial charge in [0.15, 0.2) is 0 Å². The van der Waals surface area contributed by atoms with Crippen molar-refractivity contribution in [1.82, 2.24) is 14.7 Å². The van der Waals surface area contributed by atoms with Crippen LogP contribution in [0.4, 0.5) is 0 Å². The van der Waals surface area contributed by atoms with Crippen molar-refractivity contribution in [2.45, 2.75) is 26.9 Å². The average molecular weight is 400 g/mol. The van der Waals surface area contributed by atoms with Gasteiger partial charge in [0.05, 0.1) is 0 Å². The topological polar surface area (TPSA) is 26.8 Å². The van der Waals surface area contributed by atoms with E-state index in [1.807, 2.05) is 35.2 Å². The first-order valence-electron chi connectivity index (χ1n) is 10.2. The van der Waals surface area contributed by atoms with Crippen molar-refractivity contribution in [3.05, 3.63) is 70.2 Å². The van der Waals surface area contributed by atoms with E-state index in [-0.39, 0.29) is 5.91 Å². The molecule has 0 N–H and O–H groups in total. The maximum absolute atomic E-state index is 12.8. The molecule has 0 spiro atoms. The summed E-state index contributed by atoms with van der Waals surface area (Å²) in [6.45, 7) is 11.5. The van der Waals surface area contributed by atoms with E-state index in [2.05, 4.69) is 41.8 Å². The van der Waals surface area contributed by atoms with Crippen LogP contribution >= 0.6 is 11.6 Å². The summed E-state index contributed by atoms with van der Waals surface area (Å²) in [4.78, 5) is 19.5. The first kappa shape index (κ1) is 20.8. The van der Waals surface area contributed by atoms with Crippen LogP contribution < -0.4 is 0 Å². The number of hydrogen-bond donors (Lipinski definition) is 0. The summed E-state index contributed by atoms with van der Waals surface area (Å²) in [5.74, 6) is 0.136. The Labute approximate surface area is 173 Å². The normalized spacial score (nSPS) is 15.2. The highest BCUT2D eigenvalue weighted by molar-refractivity contribution is 6.30. The molecule has 0 aromatic heterocycles. The van der Waals surface area contributed by atoms with Gasteiger partial charge in [0.2, 0.25) is 0 Å². The highest BCUT2D eigenvalue weighted by Gasteiger charge is 2.22. The number of hydrogen-bond acceptors (Lipinski definition) is 3. The van der Waals surface area contributed by atoms with E-state index < -0.39 is 0 Å². The van der Waals surface area contributed by atoms with E-state index in [1.54, 1.807) is 0 Å². The standard InChI is InChI=1S/C23H30ClN3O/c1-3-25(4-2)17-19-8-10-21(11-9-19)23(28)27-14-12-26(13-15-27)18-20-6-5-7-22(24)16-20/h5-11,16H,3-4,12-15,17-18H2,1-2H3. The number of piperazine rings is 1. The fourth-order valence-electron chi connectivity index (χ4n) is 3.64. The number of rotatable bonds is 7. The highest BCUT2D eigenvalue weighted by Crippen LogP contribution is 2.16. The molecule has 0 radical (unpaired) electrons. The van der Waals surface area contributed by atoms with E-state index >= 15 is 0 Å². The second-order valence-electron chi connectivity index (χ2n) is 7.36. The summed E-state index contributed by atoms with van der Waals surface area (Å²) in [7, 11) is 0. The molecule has 0 unspecified atom stereocenters. The van der Waals surface area contributed by atoms with Gasteiger partial charge in [-0.25, -0.2) is 0 Å². The van der Waals surface area contributed by atoms with Crippen LogP contribution in [0.25, 0.3) is 0 Å². The Bertz CT molecular complexity index is 766. The summed E-state index contributed by atoms with van der Waals surface area (Å²) in [6, 6.07) is 16.1. The highest BCUT2D eigenvalue weighted by atomic mass is 35.5. The smallest absolute Gasteiger partial charge is 0.253 e. The van der Waals surface area contributed by atoms with Crippen molar-refractivity contribution in [3.63, 3.8) is 0 Å². The van der Waals surface area contributed by atoms with Crippen LogP contribution in [0.3, 0.4) is 0 Å². The molecule has 1 amide bonds. The van der Waals surface area contributed by atoms with Gasteiger partial charge in [0.25, 0.3) is 5.91 Å². The average Bonchev–Trinajstić information content (AvgIpc) is 2.72. The molecule has 0 aliphatic carbocycles. The minimum Gasteiger partial charge on any atom is -0.336 e. The molecule has 0 saturated carbocycles. The zero-order valence-corrected chi connectivity index (χ0v) is 17.7. The van der Waals surface area contributed by atoms with Gasteiger partial charge in [-0.15, -0.1) is 0 Å². The third kappa shape index (κ3) is 5.57. The number of benzene rings is 2. The fraction of sp³-hybridized carbons (Fsp3) is 0.435. The summed E-state index contributed by atoms with van der Waals surface area (Å²) in [5, 5.41) is 0.774. The van der Waals surface area contributed by atoms with Crippen LogP contribution in [0, 0.1) is 0 Å². The summed E-state index contributed by atoms with van der Waals surface area (Å²) < 4.78 is 0. The Morgan fingerprint density at radius 2 is 1.64 bits per heavy atom. The molecule has 28 heavy (non-hydrogen) atoms. The monoisotopic (exact) mass is 399 g/mol. The zero-order chi connectivity index (χ0) is 19.9. The van der Waals surface area contributed by atoms with Crippen LogP contribution in [0.15, 0.2) is 48.5 Å². The van der Waals surface area contributed by atoms with Gasteiger partial charge < -0.3 is 4.90 Å². The van der Waals surface area contributed by atoms with Crippen molar-refractivity contribution in [2.75, 3.05) is 39.3 Å². The molecule has 1 aliphatic rings. The van der Waals surface area contributed by atoms with Gasteiger partial charge in [-0.1, -0.05) is 49.7 Å². The van der Waals surface area contributed by atoms with Crippen LogP contribution in [0.1, 0.15) is 35.3 Å². The quantitative estimate of drug-likeness (QED) is 0.700. The minimum absolute atomic E-state index is 0.136. The molecule has 0 atom stereocenters. The number of carbonyl (C=O) groups is 1. The molecule has 2 aromatic rings. The third-order valence-electron chi connectivity index (χ3n) is 5.46. The Balaban J connectivity index is 1.52. The Kier molecular flexibility index (Phi) is 7.49. The van der Waals surface area contributed by atoms with E-state index in [4.69, 9.17) is 11.6 Å². The van der Waals surface area contributed by atoms with E-state index in [9.17, 15) is 4.79 Å². The van der Waals surface area contributed by atoms with Crippen LogP contribution in [-0.4, -0.2) is 59.9 Å². The van der Waals surface area contributed by atoms with Crippen LogP contribution in [0.2, 0.25) is 5.02 Å². The molecule has 4 nitrogen and oxygen atoms in total. The van der Waals surface area contributed by atoms with Gasteiger partial charge in [-0.3, -0.25) is 14.6 Å². The van der Waals surface area contributed by atoms with Crippen LogP contribution in [-0.2, 0) is 13.1 Å².